The highest BCUT2D eigenvalue weighted by molar-refractivity contribution is 9.10. The van der Waals surface area contributed by atoms with Crippen molar-refractivity contribution in [1.29, 1.82) is 0 Å². The summed E-state index contributed by atoms with van der Waals surface area (Å²) in [6, 6.07) is 13.5. The SMILES string of the molecule is O=C1S/C(=C\c2ccccc2F)C(=O)N1Cc1ccc(Br)cc1. The van der Waals surface area contributed by atoms with Gasteiger partial charge in [0.1, 0.15) is 5.82 Å². The number of carbonyl (C=O) groups excluding carboxylic acids is 2. The second-order valence-electron chi connectivity index (χ2n) is 4.92. The Balaban J connectivity index is 1.82. The van der Waals surface area contributed by atoms with Crippen molar-refractivity contribution in [2.45, 2.75) is 6.54 Å². The first kappa shape index (κ1) is 16.0. The quantitative estimate of drug-likeness (QED) is 0.703. The van der Waals surface area contributed by atoms with Crippen LogP contribution < -0.4 is 0 Å². The number of nitrogens with zero attached hydrogens (tertiary/aromatic N) is 1. The van der Waals surface area contributed by atoms with Gasteiger partial charge in [0.2, 0.25) is 0 Å². The van der Waals surface area contributed by atoms with Crippen molar-refractivity contribution >= 4 is 44.9 Å². The Hall–Kier alpha value is -1.92. The van der Waals surface area contributed by atoms with Gasteiger partial charge in [-0.25, -0.2) is 4.39 Å². The molecule has 6 heteroatoms. The van der Waals surface area contributed by atoms with Crippen LogP contribution in [-0.2, 0) is 11.3 Å². The Morgan fingerprint density at radius 2 is 1.78 bits per heavy atom. The van der Waals surface area contributed by atoms with Crippen molar-refractivity contribution in [3.8, 4) is 0 Å². The van der Waals surface area contributed by atoms with E-state index in [0.29, 0.717) is 5.56 Å². The van der Waals surface area contributed by atoms with Crippen LogP contribution in [0.15, 0.2) is 57.9 Å². The lowest BCUT2D eigenvalue weighted by molar-refractivity contribution is -0.123. The van der Waals surface area contributed by atoms with Gasteiger partial charge in [-0.2, -0.15) is 0 Å². The Bertz CT molecular complexity index is 804. The number of imide groups is 1. The van der Waals surface area contributed by atoms with Gasteiger partial charge in [-0.05, 0) is 41.6 Å². The lowest BCUT2D eigenvalue weighted by atomic mass is 10.2. The number of thioether (sulfide) groups is 1. The van der Waals surface area contributed by atoms with Crippen LogP contribution in [-0.4, -0.2) is 16.0 Å². The second-order valence-corrected chi connectivity index (χ2v) is 6.82. The monoisotopic (exact) mass is 391 g/mol. The first-order chi connectivity index (χ1) is 11.0. The summed E-state index contributed by atoms with van der Waals surface area (Å²) >= 11 is 4.17. The minimum atomic E-state index is -0.424. The van der Waals surface area contributed by atoms with Gasteiger partial charge in [0.25, 0.3) is 11.1 Å². The smallest absolute Gasteiger partial charge is 0.268 e. The Labute approximate surface area is 145 Å². The molecule has 1 heterocycles. The summed E-state index contributed by atoms with van der Waals surface area (Å²) in [7, 11) is 0. The Morgan fingerprint density at radius 3 is 2.48 bits per heavy atom. The molecule has 2 aromatic rings. The van der Waals surface area contributed by atoms with Gasteiger partial charge in [0, 0.05) is 10.0 Å². The maximum absolute atomic E-state index is 13.7. The summed E-state index contributed by atoms with van der Waals surface area (Å²) in [5, 5.41) is -0.347. The van der Waals surface area contributed by atoms with E-state index in [1.165, 1.54) is 17.0 Å². The van der Waals surface area contributed by atoms with Crippen molar-refractivity contribution in [1.82, 2.24) is 4.90 Å². The first-order valence-corrected chi connectivity index (χ1v) is 8.40. The standard InChI is InChI=1S/C17H11BrFNO2S/c18-13-7-5-11(6-8-13)10-20-16(21)15(23-17(20)22)9-12-3-1-2-4-14(12)19/h1-9H,10H2/b15-9-. The van der Waals surface area contributed by atoms with E-state index in [-0.39, 0.29) is 16.7 Å². The number of hydrogen-bond donors (Lipinski definition) is 0. The lowest BCUT2D eigenvalue weighted by Gasteiger charge is -2.12. The molecule has 3 nitrogen and oxygen atoms in total. The number of amides is 2. The molecule has 1 fully saturated rings. The van der Waals surface area contributed by atoms with E-state index < -0.39 is 11.7 Å². The average molecular weight is 392 g/mol. The van der Waals surface area contributed by atoms with Crippen LogP contribution in [0, 0.1) is 5.82 Å². The summed E-state index contributed by atoms with van der Waals surface area (Å²) in [6.07, 6.45) is 1.42. The third-order valence-electron chi connectivity index (χ3n) is 3.32. The maximum atomic E-state index is 13.7. The minimum absolute atomic E-state index is 0.201. The number of rotatable bonds is 3. The van der Waals surface area contributed by atoms with E-state index in [1.807, 2.05) is 24.3 Å². The van der Waals surface area contributed by atoms with Gasteiger partial charge < -0.3 is 0 Å². The molecule has 2 aromatic carbocycles. The fourth-order valence-electron chi connectivity index (χ4n) is 2.14. The van der Waals surface area contributed by atoms with Crippen LogP contribution in [0.3, 0.4) is 0 Å². The van der Waals surface area contributed by atoms with Crippen LogP contribution in [0.2, 0.25) is 0 Å². The van der Waals surface area contributed by atoms with Gasteiger partial charge in [0.15, 0.2) is 0 Å². The fourth-order valence-corrected chi connectivity index (χ4v) is 3.24. The number of benzene rings is 2. The number of halogens is 2. The predicted octanol–water partition coefficient (Wildman–Crippen LogP) is 4.82. The summed E-state index contributed by atoms with van der Waals surface area (Å²) < 4.78 is 14.6. The molecule has 0 aromatic heterocycles. The van der Waals surface area contributed by atoms with E-state index in [9.17, 15) is 14.0 Å². The molecule has 1 aliphatic rings. The van der Waals surface area contributed by atoms with Gasteiger partial charge in [-0.1, -0.05) is 46.3 Å². The van der Waals surface area contributed by atoms with Gasteiger partial charge in [0.05, 0.1) is 11.4 Å². The molecular weight excluding hydrogens is 381 g/mol. The summed E-state index contributed by atoms with van der Waals surface area (Å²) in [5.41, 5.74) is 1.14. The number of carbonyl (C=O) groups is 2. The third kappa shape index (κ3) is 3.54. The van der Waals surface area contributed by atoms with Crippen molar-refractivity contribution in [2.24, 2.45) is 0 Å². The summed E-state index contributed by atoms with van der Waals surface area (Å²) in [6.45, 7) is 0.201. The molecule has 0 N–H and O–H groups in total. The van der Waals surface area contributed by atoms with E-state index in [0.717, 1.165) is 21.8 Å². The largest absolute Gasteiger partial charge is 0.293 e. The van der Waals surface area contributed by atoms with Crippen molar-refractivity contribution in [3.05, 3.63) is 74.9 Å². The molecule has 0 spiro atoms. The van der Waals surface area contributed by atoms with Gasteiger partial charge >= 0.3 is 0 Å². The molecular formula is C17H11BrFNO2S. The molecule has 3 rings (SSSR count). The van der Waals surface area contributed by atoms with Gasteiger partial charge in [-0.3, -0.25) is 14.5 Å². The minimum Gasteiger partial charge on any atom is -0.268 e. The van der Waals surface area contributed by atoms with Crippen LogP contribution in [0.5, 0.6) is 0 Å². The predicted molar refractivity (Wildman–Crippen MR) is 92.1 cm³/mol. The molecule has 2 amide bonds. The molecule has 0 unspecified atom stereocenters. The van der Waals surface area contributed by atoms with Crippen LogP contribution >= 0.6 is 27.7 Å². The highest BCUT2D eigenvalue weighted by Crippen LogP contribution is 2.33. The molecule has 23 heavy (non-hydrogen) atoms. The summed E-state index contributed by atoms with van der Waals surface area (Å²) in [4.78, 5) is 25.9. The van der Waals surface area contributed by atoms with E-state index in [1.54, 1.807) is 18.2 Å². The molecule has 0 aliphatic carbocycles. The molecule has 1 aliphatic heterocycles. The molecule has 116 valence electrons. The molecule has 0 saturated carbocycles. The second kappa shape index (κ2) is 6.68. The van der Waals surface area contributed by atoms with Gasteiger partial charge in [-0.15, -0.1) is 0 Å². The highest BCUT2D eigenvalue weighted by atomic mass is 79.9. The Morgan fingerprint density at radius 1 is 1.09 bits per heavy atom. The van der Waals surface area contributed by atoms with Crippen molar-refractivity contribution in [3.63, 3.8) is 0 Å². The molecule has 0 radical (unpaired) electrons. The maximum Gasteiger partial charge on any atom is 0.293 e. The van der Waals surface area contributed by atoms with Crippen LogP contribution in [0.25, 0.3) is 6.08 Å². The van der Waals surface area contributed by atoms with Crippen LogP contribution in [0.1, 0.15) is 11.1 Å². The average Bonchev–Trinajstić information content (AvgIpc) is 2.79. The zero-order valence-corrected chi connectivity index (χ0v) is 14.2. The molecule has 1 saturated heterocycles. The van der Waals surface area contributed by atoms with E-state index >= 15 is 0 Å². The molecule has 0 atom stereocenters. The zero-order chi connectivity index (χ0) is 16.4. The topological polar surface area (TPSA) is 37.4 Å². The summed E-state index contributed by atoms with van der Waals surface area (Å²) in [5.74, 6) is -0.821. The van der Waals surface area contributed by atoms with Crippen LogP contribution in [0.4, 0.5) is 9.18 Å². The normalized spacial score (nSPS) is 16.4. The van der Waals surface area contributed by atoms with Crippen molar-refractivity contribution < 1.29 is 14.0 Å². The first-order valence-electron chi connectivity index (χ1n) is 6.79. The molecule has 0 bridgehead atoms. The Kier molecular flexibility index (Phi) is 4.63. The zero-order valence-electron chi connectivity index (χ0n) is 11.8. The van der Waals surface area contributed by atoms with Crippen molar-refractivity contribution in [2.75, 3.05) is 0 Å². The van der Waals surface area contributed by atoms with E-state index in [2.05, 4.69) is 15.9 Å². The number of hydrogen-bond acceptors (Lipinski definition) is 3. The van der Waals surface area contributed by atoms with E-state index in [4.69, 9.17) is 0 Å². The fraction of sp³-hybridized carbons (Fsp3) is 0.0588. The lowest BCUT2D eigenvalue weighted by Crippen LogP contribution is -2.27. The third-order valence-corrected chi connectivity index (χ3v) is 4.76. The highest BCUT2D eigenvalue weighted by Gasteiger charge is 2.35.